The van der Waals surface area contributed by atoms with Crippen LogP contribution in [0, 0.1) is 5.92 Å². The first-order valence-corrected chi connectivity index (χ1v) is 4.62. The van der Waals surface area contributed by atoms with Gasteiger partial charge in [0.25, 0.3) is 0 Å². The van der Waals surface area contributed by atoms with Gasteiger partial charge in [-0.05, 0) is 18.9 Å². The minimum atomic E-state index is -0.149. The van der Waals surface area contributed by atoms with Crippen molar-refractivity contribution in [3.8, 4) is 0 Å². The van der Waals surface area contributed by atoms with Gasteiger partial charge in [0.2, 0.25) is 0 Å². The van der Waals surface area contributed by atoms with Crippen molar-refractivity contribution in [2.45, 2.75) is 25.8 Å². The molecule has 1 aliphatic rings. The first-order valence-electron chi connectivity index (χ1n) is 4.62. The van der Waals surface area contributed by atoms with Crippen molar-refractivity contribution in [3.63, 3.8) is 0 Å². The molecule has 0 spiro atoms. The Morgan fingerprint density at radius 3 is 2.75 bits per heavy atom. The molecular formula is C9H19NO2. The lowest BCUT2D eigenvalue weighted by Gasteiger charge is -2.27. The van der Waals surface area contributed by atoms with Gasteiger partial charge in [-0.1, -0.05) is 13.8 Å². The fraction of sp³-hybridized carbons (Fsp3) is 1.00. The second-order valence-corrected chi connectivity index (χ2v) is 4.02. The van der Waals surface area contributed by atoms with Crippen LogP contribution in [0.25, 0.3) is 0 Å². The first-order chi connectivity index (χ1) is 5.68. The molecule has 2 N–H and O–H groups in total. The highest BCUT2D eigenvalue weighted by Crippen LogP contribution is 2.17. The van der Waals surface area contributed by atoms with E-state index in [1.165, 1.54) is 0 Å². The summed E-state index contributed by atoms with van der Waals surface area (Å²) in [5.41, 5.74) is -0.149. The zero-order chi connectivity index (χ0) is 9.03. The molecule has 12 heavy (non-hydrogen) atoms. The summed E-state index contributed by atoms with van der Waals surface area (Å²) in [6.07, 6.45) is 0.927. The molecular weight excluding hydrogens is 154 g/mol. The molecule has 1 aliphatic heterocycles. The maximum Gasteiger partial charge on any atom is 0.0673 e. The zero-order valence-electron chi connectivity index (χ0n) is 7.97. The highest BCUT2D eigenvalue weighted by molar-refractivity contribution is 4.91. The molecule has 72 valence electrons. The van der Waals surface area contributed by atoms with Crippen molar-refractivity contribution < 1.29 is 9.84 Å². The van der Waals surface area contributed by atoms with E-state index in [1.54, 1.807) is 0 Å². The van der Waals surface area contributed by atoms with Crippen molar-refractivity contribution in [1.29, 1.82) is 0 Å². The molecule has 0 saturated carbocycles. The lowest BCUT2D eigenvalue weighted by atomic mass is 9.99. The Labute approximate surface area is 74.1 Å². The van der Waals surface area contributed by atoms with Crippen LogP contribution in [0.5, 0.6) is 0 Å². The van der Waals surface area contributed by atoms with Crippen LogP contribution in [-0.2, 0) is 4.74 Å². The molecule has 1 saturated heterocycles. The van der Waals surface area contributed by atoms with Gasteiger partial charge in [-0.25, -0.2) is 0 Å². The molecule has 0 radical (unpaired) electrons. The van der Waals surface area contributed by atoms with Gasteiger partial charge in [0.1, 0.15) is 0 Å². The molecule has 3 nitrogen and oxygen atoms in total. The fourth-order valence-corrected chi connectivity index (χ4v) is 1.35. The summed E-state index contributed by atoms with van der Waals surface area (Å²) in [6, 6.07) is 0. The van der Waals surface area contributed by atoms with Crippen LogP contribution < -0.4 is 5.32 Å². The van der Waals surface area contributed by atoms with Crippen LogP contribution in [0.15, 0.2) is 0 Å². The van der Waals surface area contributed by atoms with Crippen LogP contribution in [0.1, 0.15) is 20.3 Å². The van der Waals surface area contributed by atoms with Crippen LogP contribution in [0.3, 0.4) is 0 Å². The molecule has 0 aromatic heterocycles. The molecule has 1 atom stereocenters. The summed E-state index contributed by atoms with van der Waals surface area (Å²) < 4.78 is 5.26. The van der Waals surface area contributed by atoms with Crippen molar-refractivity contribution in [1.82, 2.24) is 5.32 Å². The Kier molecular flexibility index (Phi) is 3.50. The van der Waals surface area contributed by atoms with Crippen molar-refractivity contribution in [3.05, 3.63) is 0 Å². The van der Waals surface area contributed by atoms with E-state index in [0.717, 1.165) is 19.6 Å². The summed E-state index contributed by atoms with van der Waals surface area (Å²) in [5, 5.41) is 12.6. The molecule has 3 heteroatoms. The standard InChI is InChI=1S/C9H19NO2/c1-8(2)5-10-9(6-11)3-4-12-7-9/h8,10-11H,3-7H2,1-2H3. The second-order valence-electron chi connectivity index (χ2n) is 4.02. The quantitative estimate of drug-likeness (QED) is 0.646. The number of aliphatic hydroxyl groups is 1. The highest BCUT2D eigenvalue weighted by Gasteiger charge is 2.33. The maximum absolute atomic E-state index is 9.19. The minimum Gasteiger partial charge on any atom is -0.394 e. The monoisotopic (exact) mass is 173 g/mol. The number of rotatable bonds is 4. The van der Waals surface area contributed by atoms with E-state index in [0.29, 0.717) is 12.5 Å². The lowest BCUT2D eigenvalue weighted by molar-refractivity contribution is 0.119. The van der Waals surface area contributed by atoms with Gasteiger partial charge in [-0.2, -0.15) is 0 Å². The molecule has 0 aromatic rings. The summed E-state index contributed by atoms with van der Waals surface area (Å²) >= 11 is 0. The Morgan fingerprint density at radius 1 is 1.58 bits per heavy atom. The molecule has 0 aliphatic carbocycles. The number of hydrogen-bond acceptors (Lipinski definition) is 3. The average molecular weight is 173 g/mol. The predicted molar refractivity (Wildman–Crippen MR) is 48.1 cm³/mol. The van der Waals surface area contributed by atoms with Gasteiger partial charge < -0.3 is 15.2 Å². The third-order valence-electron chi connectivity index (χ3n) is 2.29. The van der Waals surface area contributed by atoms with E-state index in [-0.39, 0.29) is 12.1 Å². The van der Waals surface area contributed by atoms with Gasteiger partial charge in [0, 0.05) is 6.61 Å². The van der Waals surface area contributed by atoms with Crippen LogP contribution in [0.4, 0.5) is 0 Å². The van der Waals surface area contributed by atoms with E-state index in [1.807, 2.05) is 0 Å². The third kappa shape index (κ3) is 2.44. The average Bonchev–Trinajstić information content (AvgIpc) is 2.50. The smallest absolute Gasteiger partial charge is 0.0673 e. The van der Waals surface area contributed by atoms with Crippen molar-refractivity contribution >= 4 is 0 Å². The number of aliphatic hydroxyl groups excluding tert-OH is 1. The summed E-state index contributed by atoms with van der Waals surface area (Å²) in [5.74, 6) is 0.619. The summed E-state index contributed by atoms with van der Waals surface area (Å²) in [6.45, 7) is 6.87. The van der Waals surface area contributed by atoms with Crippen LogP contribution in [0.2, 0.25) is 0 Å². The van der Waals surface area contributed by atoms with Crippen LogP contribution in [-0.4, -0.2) is 37.0 Å². The maximum atomic E-state index is 9.19. The largest absolute Gasteiger partial charge is 0.394 e. The Hall–Kier alpha value is -0.120. The van der Waals surface area contributed by atoms with Crippen molar-refractivity contribution in [2.24, 2.45) is 5.92 Å². The zero-order valence-corrected chi connectivity index (χ0v) is 7.97. The number of nitrogens with one attached hydrogen (secondary N) is 1. The lowest BCUT2D eigenvalue weighted by Crippen LogP contribution is -2.50. The molecule has 1 rings (SSSR count). The predicted octanol–water partition coefficient (Wildman–Crippen LogP) is 0.383. The fourth-order valence-electron chi connectivity index (χ4n) is 1.35. The highest BCUT2D eigenvalue weighted by atomic mass is 16.5. The molecule has 0 amide bonds. The van der Waals surface area contributed by atoms with E-state index in [2.05, 4.69) is 19.2 Å². The third-order valence-corrected chi connectivity index (χ3v) is 2.29. The minimum absolute atomic E-state index is 0.149. The van der Waals surface area contributed by atoms with Gasteiger partial charge in [0.15, 0.2) is 0 Å². The Balaban J connectivity index is 2.34. The topological polar surface area (TPSA) is 41.5 Å². The second kappa shape index (κ2) is 4.21. The van der Waals surface area contributed by atoms with Gasteiger partial charge in [0.05, 0.1) is 18.8 Å². The van der Waals surface area contributed by atoms with Gasteiger partial charge >= 0.3 is 0 Å². The van der Waals surface area contributed by atoms with Gasteiger partial charge in [-0.15, -0.1) is 0 Å². The van der Waals surface area contributed by atoms with E-state index in [9.17, 15) is 5.11 Å². The van der Waals surface area contributed by atoms with E-state index in [4.69, 9.17) is 4.74 Å². The summed E-state index contributed by atoms with van der Waals surface area (Å²) in [7, 11) is 0. The number of ether oxygens (including phenoxy) is 1. The SMILES string of the molecule is CC(C)CNC1(CO)CCOC1. The molecule has 1 unspecified atom stereocenters. The Bertz CT molecular complexity index is 130. The molecule has 1 fully saturated rings. The van der Waals surface area contributed by atoms with Crippen molar-refractivity contribution in [2.75, 3.05) is 26.4 Å². The Morgan fingerprint density at radius 2 is 2.33 bits per heavy atom. The summed E-state index contributed by atoms with van der Waals surface area (Å²) in [4.78, 5) is 0. The molecule has 0 aromatic carbocycles. The molecule has 0 bridgehead atoms. The van der Waals surface area contributed by atoms with Crippen LogP contribution >= 0.6 is 0 Å². The van der Waals surface area contributed by atoms with E-state index >= 15 is 0 Å². The van der Waals surface area contributed by atoms with E-state index < -0.39 is 0 Å². The van der Waals surface area contributed by atoms with Gasteiger partial charge in [-0.3, -0.25) is 0 Å². The number of hydrogen-bond donors (Lipinski definition) is 2. The first kappa shape index (κ1) is 9.96. The normalized spacial score (nSPS) is 30.0. The molecule has 1 heterocycles.